The average molecular weight is 359 g/mol. The predicted molar refractivity (Wildman–Crippen MR) is 96.7 cm³/mol. The molecule has 0 radical (unpaired) electrons. The van der Waals surface area contributed by atoms with Crippen LogP contribution in [-0.4, -0.2) is 33.1 Å². The molecule has 0 aliphatic heterocycles. The van der Waals surface area contributed by atoms with E-state index in [1.54, 1.807) is 6.07 Å². The number of methoxy groups -OCH3 is 1. The second kappa shape index (κ2) is 7.20. The summed E-state index contributed by atoms with van der Waals surface area (Å²) in [5.74, 6) is -0.428. The fourth-order valence-corrected chi connectivity index (χ4v) is 3.32. The van der Waals surface area contributed by atoms with Crippen LogP contribution in [0.4, 0.5) is 5.00 Å². The third-order valence-corrected chi connectivity index (χ3v) is 4.37. The van der Waals surface area contributed by atoms with E-state index in [9.17, 15) is 4.79 Å². The van der Waals surface area contributed by atoms with Crippen molar-refractivity contribution in [3.63, 3.8) is 0 Å². The van der Waals surface area contributed by atoms with E-state index in [1.807, 2.05) is 30.3 Å². The highest BCUT2D eigenvalue weighted by molar-refractivity contribution is 7.80. The van der Waals surface area contributed by atoms with E-state index >= 15 is 0 Å². The maximum atomic E-state index is 12.0. The number of aromatic nitrogens is 3. The summed E-state index contributed by atoms with van der Waals surface area (Å²) in [6.45, 7) is 0. The van der Waals surface area contributed by atoms with E-state index in [-0.39, 0.29) is 0 Å². The van der Waals surface area contributed by atoms with Crippen LogP contribution in [0.1, 0.15) is 10.4 Å². The fraction of sp³-hybridized carbons (Fsp3) is 0.0667. The first-order valence-corrected chi connectivity index (χ1v) is 8.10. The second-order valence-corrected chi connectivity index (χ2v) is 6.11. The van der Waals surface area contributed by atoms with Crippen LogP contribution in [0.25, 0.3) is 10.4 Å². The third kappa shape index (κ3) is 3.58. The summed E-state index contributed by atoms with van der Waals surface area (Å²) in [7, 11) is 1.35. The molecule has 2 aromatic heterocycles. The lowest BCUT2D eigenvalue weighted by Crippen LogP contribution is -2.26. The van der Waals surface area contributed by atoms with Gasteiger partial charge in [0.1, 0.15) is 17.7 Å². The minimum atomic E-state index is -0.428. The van der Waals surface area contributed by atoms with Crippen LogP contribution < -0.4 is 10.7 Å². The minimum Gasteiger partial charge on any atom is -0.465 e. The number of nitrogens with one attached hydrogen (secondary N) is 2. The summed E-state index contributed by atoms with van der Waals surface area (Å²) in [5.41, 5.74) is 4.31. The standard InChI is InChI=1S/C15H13N5O2S2/c1-22-14(21)11-7-12(10-5-3-2-4-6-10)24-13(11)18-15(23)19-20-8-16-17-9-20/h2-9H,1H3,(H2,18,19,23). The molecule has 0 fully saturated rings. The zero-order valence-corrected chi connectivity index (χ0v) is 14.2. The highest BCUT2D eigenvalue weighted by atomic mass is 32.1. The van der Waals surface area contributed by atoms with Crippen molar-refractivity contribution >= 4 is 39.6 Å². The number of anilines is 1. The summed E-state index contributed by atoms with van der Waals surface area (Å²) in [6, 6.07) is 11.6. The van der Waals surface area contributed by atoms with Crippen molar-refractivity contribution in [2.24, 2.45) is 0 Å². The molecule has 0 saturated carbocycles. The van der Waals surface area contributed by atoms with Gasteiger partial charge in [-0.3, -0.25) is 5.43 Å². The van der Waals surface area contributed by atoms with Gasteiger partial charge in [-0.1, -0.05) is 30.3 Å². The van der Waals surface area contributed by atoms with Crippen molar-refractivity contribution in [1.29, 1.82) is 0 Å². The lowest BCUT2D eigenvalue weighted by atomic mass is 10.1. The average Bonchev–Trinajstić information content (AvgIpc) is 3.25. The molecule has 24 heavy (non-hydrogen) atoms. The molecular formula is C15H13N5O2S2. The molecule has 0 unspecified atom stereocenters. The Bertz CT molecular complexity index is 846. The van der Waals surface area contributed by atoms with E-state index in [4.69, 9.17) is 17.0 Å². The number of hydrogen-bond donors (Lipinski definition) is 2. The minimum absolute atomic E-state index is 0.307. The second-order valence-electron chi connectivity index (χ2n) is 4.65. The van der Waals surface area contributed by atoms with Crippen molar-refractivity contribution in [2.75, 3.05) is 17.9 Å². The Morgan fingerprint density at radius 3 is 2.62 bits per heavy atom. The fourth-order valence-electron chi connectivity index (χ4n) is 2.00. The molecular weight excluding hydrogens is 346 g/mol. The molecule has 2 N–H and O–H groups in total. The number of thiophene rings is 1. The molecule has 0 aliphatic carbocycles. The number of rotatable bonds is 4. The van der Waals surface area contributed by atoms with E-state index in [0.717, 1.165) is 10.4 Å². The van der Waals surface area contributed by atoms with Crippen LogP contribution >= 0.6 is 23.6 Å². The molecule has 0 amide bonds. The number of esters is 1. The molecule has 7 nitrogen and oxygen atoms in total. The molecule has 9 heteroatoms. The van der Waals surface area contributed by atoms with Gasteiger partial charge >= 0.3 is 5.97 Å². The molecule has 0 bridgehead atoms. The summed E-state index contributed by atoms with van der Waals surface area (Å²) in [4.78, 5) is 13.0. The third-order valence-electron chi connectivity index (χ3n) is 3.07. The molecule has 3 aromatic rings. The Morgan fingerprint density at radius 1 is 1.25 bits per heavy atom. The van der Waals surface area contributed by atoms with Gasteiger partial charge < -0.3 is 10.1 Å². The van der Waals surface area contributed by atoms with E-state index < -0.39 is 5.97 Å². The number of ether oxygens (including phenoxy) is 1. The molecule has 0 atom stereocenters. The quantitative estimate of drug-likeness (QED) is 0.547. The first-order valence-electron chi connectivity index (χ1n) is 6.87. The summed E-state index contributed by atoms with van der Waals surface area (Å²) in [6.07, 6.45) is 2.94. The van der Waals surface area contributed by atoms with E-state index in [0.29, 0.717) is 15.7 Å². The Hall–Kier alpha value is -2.78. The lowest BCUT2D eigenvalue weighted by Gasteiger charge is -2.09. The number of thiocarbonyl (C=S) groups is 1. The van der Waals surface area contributed by atoms with Crippen LogP contribution in [0.3, 0.4) is 0 Å². The van der Waals surface area contributed by atoms with Gasteiger partial charge in [0, 0.05) is 4.88 Å². The van der Waals surface area contributed by atoms with Crippen LogP contribution in [0.2, 0.25) is 0 Å². The number of benzene rings is 1. The smallest absolute Gasteiger partial charge is 0.340 e. The van der Waals surface area contributed by atoms with Crippen LogP contribution in [0.5, 0.6) is 0 Å². The topological polar surface area (TPSA) is 81.1 Å². The van der Waals surface area contributed by atoms with Crippen molar-refractivity contribution in [3.05, 3.63) is 54.6 Å². The molecule has 122 valence electrons. The SMILES string of the molecule is COC(=O)c1cc(-c2ccccc2)sc1NC(=S)Nn1cnnc1. The van der Waals surface area contributed by atoms with Crippen molar-refractivity contribution in [3.8, 4) is 10.4 Å². The van der Waals surface area contributed by atoms with E-state index in [1.165, 1.54) is 35.8 Å². The van der Waals surface area contributed by atoms with Crippen molar-refractivity contribution in [1.82, 2.24) is 14.9 Å². The number of nitrogens with zero attached hydrogens (tertiary/aromatic N) is 3. The Kier molecular flexibility index (Phi) is 4.82. The van der Waals surface area contributed by atoms with Gasteiger partial charge in [0.2, 0.25) is 0 Å². The zero-order chi connectivity index (χ0) is 16.9. The van der Waals surface area contributed by atoms with Gasteiger partial charge in [-0.15, -0.1) is 21.5 Å². The van der Waals surface area contributed by atoms with Crippen LogP contribution in [0, 0.1) is 0 Å². The monoisotopic (exact) mass is 359 g/mol. The summed E-state index contributed by atoms with van der Waals surface area (Å²) in [5, 5.41) is 11.3. The Labute approximate surface area is 147 Å². The van der Waals surface area contributed by atoms with Gasteiger partial charge in [-0.05, 0) is 23.8 Å². The maximum absolute atomic E-state index is 12.0. The van der Waals surface area contributed by atoms with Crippen molar-refractivity contribution < 1.29 is 9.53 Å². The Morgan fingerprint density at radius 2 is 1.96 bits per heavy atom. The highest BCUT2D eigenvalue weighted by Gasteiger charge is 2.18. The summed E-state index contributed by atoms with van der Waals surface area (Å²) >= 11 is 6.67. The molecule has 3 rings (SSSR count). The lowest BCUT2D eigenvalue weighted by molar-refractivity contribution is 0.0602. The zero-order valence-electron chi connectivity index (χ0n) is 12.6. The first-order chi connectivity index (χ1) is 11.7. The maximum Gasteiger partial charge on any atom is 0.340 e. The number of carbonyl (C=O) groups excluding carboxylic acids is 1. The van der Waals surface area contributed by atoms with Crippen LogP contribution in [-0.2, 0) is 4.74 Å². The highest BCUT2D eigenvalue weighted by Crippen LogP contribution is 2.35. The molecule has 1 aromatic carbocycles. The molecule has 2 heterocycles. The van der Waals surface area contributed by atoms with Gasteiger partial charge in [0.15, 0.2) is 5.11 Å². The van der Waals surface area contributed by atoms with Gasteiger partial charge in [-0.2, -0.15) is 0 Å². The molecule has 0 saturated heterocycles. The Balaban J connectivity index is 1.86. The van der Waals surface area contributed by atoms with E-state index in [2.05, 4.69) is 20.9 Å². The van der Waals surface area contributed by atoms with Crippen LogP contribution in [0.15, 0.2) is 49.1 Å². The normalized spacial score (nSPS) is 10.2. The van der Waals surface area contributed by atoms with Gasteiger partial charge in [0.25, 0.3) is 0 Å². The van der Waals surface area contributed by atoms with Gasteiger partial charge in [-0.25, -0.2) is 9.47 Å². The molecule has 0 aliphatic rings. The van der Waals surface area contributed by atoms with Crippen molar-refractivity contribution in [2.45, 2.75) is 0 Å². The predicted octanol–water partition coefficient (Wildman–Crippen LogP) is 2.73. The largest absolute Gasteiger partial charge is 0.465 e. The van der Waals surface area contributed by atoms with Gasteiger partial charge in [0.05, 0.1) is 12.7 Å². The summed E-state index contributed by atoms with van der Waals surface area (Å²) < 4.78 is 6.35. The number of carbonyl (C=O) groups is 1. The molecule has 0 spiro atoms. The number of hydrogen-bond acceptors (Lipinski definition) is 6. The first kappa shape index (κ1) is 16.1.